The molecule has 0 aromatic carbocycles. The molecule has 0 saturated carbocycles. The summed E-state index contributed by atoms with van der Waals surface area (Å²) in [6, 6.07) is 0. The molecule has 0 rings (SSSR count). The van der Waals surface area contributed by atoms with Crippen LogP contribution >= 0.6 is 0 Å². The second-order valence-electron chi connectivity index (χ2n) is 4.57. The van der Waals surface area contributed by atoms with Gasteiger partial charge in [0.15, 0.2) is 0 Å². The molecule has 0 saturated heterocycles. The molecule has 0 aromatic rings. The van der Waals surface area contributed by atoms with Crippen LogP contribution < -0.4 is 11.5 Å². The number of nitrogens with two attached hydrogens (primary N) is 2. The van der Waals surface area contributed by atoms with Crippen molar-refractivity contribution in [2.75, 3.05) is 0 Å². The third-order valence-electron chi connectivity index (χ3n) is 1.68. The van der Waals surface area contributed by atoms with Gasteiger partial charge in [0, 0.05) is 11.1 Å². The van der Waals surface area contributed by atoms with Crippen LogP contribution in [0.3, 0.4) is 0 Å². The molecule has 11 heavy (non-hydrogen) atoms. The average Bonchev–Trinajstić information content (AvgIpc) is 1.55. The third-order valence-corrected chi connectivity index (χ3v) is 1.68. The molecule has 0 aliphatic heterocycles. The molecule has 0 fully saturated rings. The Hall–Kier alpha value is -0.0800. The molecule has 0 bridgehead atoms. The summed E-state index contributed by atoms with van der Waals surface area (Å²) in [7, 11) is 0. The lowest BCUT2D eigenvalue weighted by molar-refractivity contribution is 0.310. The molecule has 0 aliphatic carbocycles. The zero-order chi connectivity index (χ0) is 9.12. The molecule has 0 radical (unpaired) electrons. The van der Waals surface area contributed by atoms with Gasteiger partial charge >= 0.3 is 0 Å². The molecule has 4 N–H and O–H groups in total. The van der Waals surface area contributed by atoms with E-state index in [9.17, 15) is 0 Å². The van der Waals surface area contributed by atoms with Crippen molar-refractivity contribution in [3.8, 4) is 0 Å². The first-order valence-corrected chi connectivity index (χ1v) is 4.35. The molecule has 2 nitrogen and oxygen atoms in total. The summed E-state index contributed by atoms with van der Waals surface area (Å²) in [6.07, 6.45) is 3.06. The van der Waals surface area contributed by atoms with Gasteiger partial charge in [0.05, 0.1) is 0 Å². The van der Waals surface area contributed by atoms with Gasteiger partial charge in [-0.15, -0.1) is 0 Å². The molecule has 68 valence electrons. The van der Waals surface area contributed by atoms with Gasteiger partial charge in [-0.3, -0.25) is 0 Å². The van der Waals surface area contributed by atoms with Gasteiger partial charge in [-0.2, -0.15) is 0 Å². The topological polar surface area (TPSA) is 52.0 Å². The van der Waals surface area contributed by atoms with Crippen LogP contribution in [0.1, 0.15) is 47.0 Å². The van der Waals surface area contributed by atoms with Crippen molar-refractivity contribution in [1.29, 1.82) is 0 Å². The first-order chi connectivity index (χ1) is 4.77. The largest absolute Gasteiger partial charge is 0.325 e. The quantitative estimate of drug-likeness (QED) is 0.653. The zero-order valence-corrected chi connectivity index (χ0v) is 8.28. The molecule has 1 atom stereocenters. The summed E-state index contributed by atoms with van der Waals surface area (Å²) in [5.41, 5.74) is 11.7. The van der Waals surface area contributed by atoms with Crippen LogP contribution in [0.25, 0.3) is 0 Å². The molecule has 0 spiro atoms. The summed E-state index contributed by atoms with van der Waals surface area (Å²) in [5, 5.41) is 0. The van der Waals surface area contributed by atoms with Crippen LogP contribution in [0.5, 0.6) is 0 Å². The Bertz CT molecular complexity index is 111. The SMILES string of the molecule is CCCC(C)(N)CC(C)(C)N. The molecule has 0 aliphatic rings. The smallest absolute Gasteiger partial charge is 0.0143 e. The minimum atomic E-state index is -0.140. The summed E-state index contributed by atoms with van der Waals surface area (Å²) < 4.78 is 0. The van der Waals surface area contributed by atoms with Crippen molar-refractivity contribution in [3.63, 3.8) is 0 Å². The Morgan fingerprint density at radius 3 is 1.82 bits per heavy atom. The fourth-order valence-corrected chi connectivity index (χ4v) is 1.70. The van der Waals surface area contributed by atoms with Gasteiger partial charge in [-0.25, -0.2) is 0 Å². The van der Waals surface area contributed by atoms with Crippen molar-refractivity contribution in [1.82, 2.24) is 0 Å². The molecule has 1 unspecified atom stereocenters. The van der Waals surface area contributed by atoms with E-state index < -0.39 is 0 Å². The van der Waals surface area contributed by atoms with E-state index in [1.54, 1.807) is 0 Å². The van der Waals surface area contributed by atoms with Gasteiger partial charge in [0.1, 0.15) is 0 Å². The molecular formula is C9H22N2. The highest BCUT2D eigenvalue weighted by Crippen LogP contribution is 2.19. The maximum absolute atomic E-state index is 6.03. The zero-order valence-electron chi connectivity index (χ0n) is 8.28. The molecule has 0 amide bonds. The maximum Gasteiger partial charge on any atom is 0.0143 e. The van der Waals surface area contributed by atoms with E-state index in [0.717, 1.165) is 19.3 Å². The highest BCUT2D eigenvalue weighted by atomic mass is 14.8. The molecule has 0 aromatic heterocycles. The summed E-state index contributed by atoms with van der Waals surface area (Å²) in [4.78, 5) is 0. The van der Waals surface area contributed by atoms with Crippen molar-refractivity contribution >= 4 is 0 Å². The van der Waals surface area contributed by atoms with Crippen molar-refractivity contribution < 1.29 is 0 Å². The minimum absolute atomic E-state index is 0.0903. The van der Waals surface area contributed by atoms with Gasteiger partial charge in [0.2, 0.25) is 0 Å². The van der Waals surface area contributed by atoms with E-state index in [0.29, 0.717) is 0 Å². The number of hydrogen-bond acceptors (Lipinski definition) is 2. The highest BCUT2D eigenvalue weighted by molar-refractivity contribution is 4.87. The fourth-order valence-electron chi connectivity index (χ4n) is 1.70. The van der Waals surface area contributed by atoms with E-state index >= 15 is 0 Å². The first kappa shape index (κ1) is 10.9. The summed E-state index contributed by atoms with van der Waals surface area (Å²) in [6.45, 7) is 8.27. The summed E-state index contributed by atoms with van der Waals surface area (Å²) in [5.74, 6) is 0. The van der Waals surface area contributed by atoms with E-state index in [1.807, 2.05) is 13.8 Å². The Morgan fingerprint density at radius 1 is 1.09 bits per heavy atom. The minimum Gasteiger partial charge on any atom is -0.325 e. The van der Waals surface area contributed by atoms with Crippen LogP contribution in [0, 0.1) is 0 Å². The monoisotopic (exact) mass is 158 g/mol. The Morgan fingerprint density at radius 2 is 1.55 bits per heavy atom. The van der Waals surface area contributed by atoms with Crippen LogP contribution in [0.2, 0.25) is 0 Å². The van der Waals surface area contributed by atoms with Gasteiger partial charge in [-0.05, 0) is 33.6 Å². The lowest BCUT2D eigenvalue weighted by atomic mass is 9.84. The normalized spacial score (nSPS) is 18.0. The third kappa shape index (κ3) is 6.32. The van der Waals surface area contributed by atoms with Gasteiger partial charge in [0.25, 0.3) is 0 Å². The Balaban J connectivity index is 3.91. The maximum atomic E-state index is 6.03. The molecular weight excluding hydrogens is 136 g/mol. The second kappa shape index (κ2) is 3.55. The Kier molecular flexibility index (Phi) is 3.52. The highest BCUT2D eigenvalue weighted by Gasteiger charge is 2.24. The van der Waals surface area contributed by atoms with Crippen molar-refractivity contribution in [2.45, 2.75) is 58.0 Å². The number of rotatable bonds is 4. The van der Waals surface area contributed by atoms with E-state index in [1.165, 1.54) is 0 Å². The Labute approximate surface area is 70.3 Å². The summed E-state index contributed by atoms with van der Waals surface area (Å²) >= 11 is 0. The fraction of sp³-hybridized carbons (Fsp3) is 1.00. The predicted molar refractivity (Wildman–Crippen MR) is 50.4 cm³/mol. The van der Waals surface area contributed by atoms with E-state index in [-0.39, 0.29) is 11.1 Å². The van der Waals surface area contributed by atoms with Crippen LogP contribution in [-0.2, 0) is 0 Å². The number of hydrogen-bond donors (Lipinski definition) is 2. The van der Waals surface area contributed by atoms with Gasteiger partial charge < -0.3 is 11.5 Å². The van der Waals surface area contributed by atoms with E-state index in [2.05, 4.69) is 13.8 Å². The lowest BCUT2D eigenvalue weighted by Crippen LogP contribution is -2.47. The standard InChI is InChI=1S/C9H22N2/c1-5-6-9(4,11)7-8(2,3)10/h5-7,10-11H2,1-4H3. The average molecular weight is 158 g/mol. The van der Waals surface area contributed by atoms with Crippen molar-refractivity contribution in [2.24, 2.45) is 11.5 Å². The second-order valence-corrected chi connectivity index (χ2v) is 4.57. The molecule has 0 heterocycles. The van der Waals surface area contributed by atoms with Crippen LogP contribution in [0.4, 0.5) is 0 Å². The predicted octanol–water partition coefficient (Wildman–Crippen LogP) is 1.63. The lowest BCUT2D eigenvalue weighted by Gasteiger charge is -2.31. The first-order valence-electron chi connectivity index (χ1n) is 4.35. The van der Waals surface area contributed by atoms with Gasteiger partial charge in [-0.1, -0.05) is 13.3 Å². The van der Waals surface area contributed by atoms with E-state index in [4.69, 9.17) is 11.5 Å². The molecule has 2 heteroatoms. The van der Waals surface area contributed by atoms with Crippen LogP contribution in [0.15, 0.2) is 0 Å². The van der Waals surface area contributed by atoms with Crippen LogP contribution in [-0.4, -0.2) is 11.1 Å². The van der Waals surface area contributed by atoms with Crippen molar-refractivity contribution in [3.05, 3.63) is 0 Å².